The summed E-state index contributed by atoms with van der Waals surface area (Å²) in [5.41, 5.74) is 0.456. The Kier molecular flexibility index (Phi) is 3.54. The Morgan fingerprint density at radius 1 is 1.24 bits per heavy atom. The summed E-state index contributed by atoms with van der Waals surface area (Å²) >= 11 is 11.9. The predicted molar refractivity (Wildman–Crippen MR) is 68.5 cm³/mol. The molecule has 1 aromatic carbocycles. The lowest BCUT2D eigenvalue weighted by molar-refractivity contribution is 0.190. The number of nitrogens with one attached hydrogen (secondary N) is 1. The van der Waals surface area contributed by atoms with Crippen molar-refractivity contribution in [2.45, 2.75) is 12.1 Å². The first kappa shape index (κ1) is 13.0. The second-order valence-electron chi connectivity index (χ2n) is 3.99. The number of benzene rings is 1. The maximum Gasteiger partial charge on any atom is 0.155 e. The zero-order valence-electron chi connectivity index (χ0n) is 8.73. The molecule has 4 nitrogen and oxygen atoms in total. The summed E-state index contributed by atoms with van der Waals surface area (Å²) in [6, 6.07) is 4.41. The van der Waals surface area contributed by atoms with Crippen LogP contribution in [-0.4, -0.2) is 37.2 Å². The predicted octanol–water partition coefficient (Wildman–Crippen LogP) is 1.56. The minimum atomic E-state index is -3.19. The van der Waals surface area contributed by atoms with Gasteiger partial charge in [-0.05, 0) is 12.1 Å². The van der Waals surface area contributed by atoms with E-state index in [0.29, 0.717) is 15.7 Å². The van der Waals surface area contributed by atoms with E-state index in [9.17, 15) is 13.5 Å². The van der Waals surface area contributed by atoms with E-state index in [1.54, 1.807) is 18.2 Å². The van der Waals surface area contributed by atoms with Gasteiger partial charge in [0.15, 0.2) is 9.84 Å². The Labute approximate surface area is 109 Å². The molecule has 0 bridgehead atoms. The van der Waals surface area contributed by atoms with Crippen LogP contribution in [0.1, 0.15) is 0 Å². The molecule has 0 spiro atoms. The van der Waals surface area contributed by atoms with E-state index in [1.165, 1.54) is 0 Å². The van der Waals surface area contributed by atoms with E-state index < -0.39 is 22.0 Å². The summed E-state index contributed by atoms with van der Waals surface area (Å²) in [5, 5.41) is 13.3. The number of hydrogen-bond donors (Lipinski definition) is 2. The third kappa shape index (κ3) is 2.85. The molecule has 1 aliphatic heterocycles. The normalized spacial score (nSPS) is 27.0. The van der Waals surface area contributed by atoms with Gasteiger partial charge in [0, 0.05) is 0 Å². The van der Waals surface area contributed by atoms with Gasteiger partial charge in [-0.3, -0.25) is 0 Å². The highest BCUT2D eigenvalue weighted by Gasteiger charge is 2.36. The zero-order valence-corrected chi connectivity index (χ0v) is 11.1. The van der Waals surface area contributed by atoms with Crippen molar-refractivity contribution in [1.82, 2.24) is 0 Å². The Morgan fingerprint density at radius 3 is 2.29 bits per heavy atom. The standard InChI is InChI=1S/C10H11Cl2NO3S/c11-6-2-1-3-7(12)10(6)13-8-4-17(15,16)5-9(8)14/h1-3,8-9,13-14H,4-5H2. The summed E-state index contributed by atoms with van der Waals surface area (Å²) in [6.45, 7) is 0. The topological polar surface area (TPSA) is 66.4 Å². The molecule has 7 heteroatoms. The molecule has 0 aromatic heterocycles. The van der Waals surface area contributed by atoms with Gasteiger partial charge in [0.2, 0.25) is 0 Å². The van der Waals surface area contributed by atoms with Gasteiger partial charge in [-0.25, -0.2) is 8.42 Å². The van der Waals surface area contributed by atoms with E-state index >= 15 is 0 Å². The highest BCUT2D eigenvalue weighted by atomic mass is 35.5. The molecule has 0 radical (unpaired) electrons. The third-order valence-electron chi connectivity index (χ3n) is 2.62. The lowest BCUT2D eigenvalue weighted by Crippen LogP contribution is -2.32. The largest absolute Gasteiger partial charge is 0.390 e. The highest BCUT2D eigenvalue weighted by Crippen LogP contribution is 2.31. The molecular weight excluding hydrogens is 285 g/mol. The molecule has 1 saturated heterocycles. The average molecular weight is 296 g/mol. The number of halogens is 2. The summed E-state index contributed by atoms with van der Waals surface area (Å²) < 4.78 is 22.7. The highest BCUT2D eigenvalue weighted by molar-refractivity contribution is 7.91. The molecule has 0 saturated carbocycles. The van der Waals surface area contributed by atoms with Gasteiger partial charge in [0.1, 0.15) is 0 Å². The maximum atomic E-state index is 11.3. The molecule has 1 fully saturated rings. The van der Waals surface area contributed by atoms with Crippen molar-refractivity contribution in [3.63, 3.8) is 0 Å². The monoisotopic (exact) mass is 295 g/mol. The number of hydrogen-bond acceptors (Lipinski definition) is 4. The fourth-order valence-corrected chi connectivity index (χ4v) is 4.04. The molecule has 1 aliphatic rings. The summed E-state index contributed by atoms with van der Waals surface area (Å²) in [5.74, 6) is -0.345. The number of anilines is 1. The molecule has 1 heterocycles. The summed E-state index contributed by atoms with van der Waals surface area (Å²) in [6.07, 6.45) is -0.938. The van der Waals surface area contributed by atoms with Crippen LogP contribution in [0.2, 0.25) is 10.0 Å². The number of rotatable bonds is 2. The molecule has 2 N–H and O–H groups in total. The number of aliphatic hydroxyl groups is 1. The van der Waals surface area contributed by atoms with Crippen LogP contribution < -0.4 is 5.32 Å². The Balaban J connectivity index is 2.22. The van der Waals surface area contributed by atoms with Gasteiger partial charge in [-0.15, -0.1) is 0 Å². The van der Waals surface area contributed by atoms with Crippen molar-refractivity contribution in [1.29, 1.82) is 0 Å². The fourth-order valence-electron chi connectivity index (χ4n) is 1.79. The van der Waals surface area contributed by atoms with Gasteiger partial charge in [0.25, 0.3) is 0 Å². The molecule has 94 valence electrons. The van der Waals surface area contributed by atoms with Crippen LogP contribution in [-0.2, 0) is 9.84 Å². The molecule has 2 atom stereocenters. The van der Waals surface area contributed by atoms with Gasteiger partial charge in [-0.1, -0.05) is 29.3 Å². The lowest BCUT2D eigenvalue weighted by atomic mass is 10.2. The maximum absolute atomic E-state index is 11.3. The minimum Gasteiger partial charge on any atom is -0.390 e. The number of para-hydroxylation sites is 1. The first-order valence-electron chi connectivity index (χ1n) is 4.98. The van der Waals surface area contributed by atoms with Crippen LogP contribution in [0.3, 0.4) is 0 Å². The Hall–Kier alpha value is -0.490. The van der Waals surface area contributed by atoms with Crippen molar-refractivity contribution >= 4 is 38.7 Å². The molecule has 2 unspecified atom stereocenters. The number of aliphatic hydroxyl groups excluding tert-OH is 1. The molecule has 0 aliphatic carbocycles. The molecule has 1 aromatic rings. The van der Waals surface area contributed by atoms with E-state index in [2.05, 4.69) is 5.32 Å². The van der Waals surface area contributed by atoms with E-state index in [0.717, 1.165) is 0 Å². The van der Waals surface area contributed by atoms with Crippen LogP contribution in [0.25, 0.3) is 0 Å². The van der Waals surface area contributed by atoms with Gasteiger partial charge in [0.05, 0.1) is 39.4 Å². The minimum absolute atomic E-state index is 0.115. The second-order valence-corrected chi connectivity index (χ2v) is 6.96. The van der Waals surface area contributed by atoms with Crippen molar-refractivity contribution in [2.75, 3.05) is 16.8 Å². The van der Waals surface area contributed by atoms with Crippen molar-refractivity contribution in [3.8, 4) is 0 Å². The van der Waals surface area contributed by atoms with Gasteiger partial charge < -0.3 is 10.4 Å². The second kappa shape index (κ2) is 4.65. The van der Waals surface area contributed by atoms with Gasteiger partial charge >= 0.3 is 0 Å². The molecular formula is C10H11Cl2NO3S. The molecule has 17 heavy (non-hydrogen) atoms. The summed E-state index contributed by atoms with van der Waals surface area (Å²) in [4.78, 5) is 0. The Morgan fingerprint density at radius 2 is 1.82 bits per heavy atom. The fraction of sp³-hybridized carbons (Fsp3) is 0.400. The third-order valence-corrected chi connectivity index (χ3v) is 4.96. The first-order valence-corrected chi connectivity index (χ1v) is 7.56. The Bertz CT molecular complexity index is 512. The zero-order chi connectivity index (χ0) is 12.6. The van der Waals surface area contributed by atoms with E-state index in [4.69, 9.17) is 23.2 Å². The van der Waals surface area contributed by atoms with Crippen LogP contribution in [0, 0.1) is 0 Å². The van der Waals surface area contributed by atoms with Crippen molar-refractivity contribution in [3.05, 3.63) is 28.2 Å². The quantitative estimate of drug-likeness (QED) is 0.869. The van der Waals surface area contributed by atoms with Crippen LogP contribution in [0.5, 0.6) is 0 Å². The SMILES string of the molecule is O=S1(=O)CC(O)C(Nc2c(Cl)cccc2Cl)C1. The number of sulfone groups is 1. The summed E-state index contributed by atoms with van der Waals surface area (Å²) in [7, 11) is -3.19. The van der Waals surface area contributed by atoms with Crippen molar-refractivity contribution < 1.29 is 13.5 Å². The van der Waals surface area contributed by atoms with Crippen molar-refractivity contribution in [2.24, 2.45) is 0 Å². The van der Waals surface area contributed by atoms with Crippen LogP contribution in [0.4, 0.5) is 5.69 Å². The average Bonchev–Trinajstić information content (AvgIpc) is 2.46. The van der Waals surface area contributed by atoms with Crippen LogP contribution >= 0.6 is 23.2 Å². The smallest absolute Gasteiger partial charge is 0.155 e. The molecule has 0 amide bonds. The van der Waals surface area contributed by atoms with E-state index in [1.807, 2.05) is 0 Å². The van der Waals surface area contributed by atoms with E-state index in [-0.39, 0.29) is 11.5 Å². The molecule has 2 rings (SSSR count). The first-order chi connectivity index (χ1) is 7.89. The van der Waals surface area contributed by atoms with Crippen LogP contribution in [0.15, 0.2) is 18.2 Å². The van der Waals surface area contributed by atoms with Gasteiger partial charge in [-0.2, -0.15) is 0 Å². The lowest BCUT2D eigenvalue weighted by Gasteiger charge is -2.18.